The Kier molecular flexibility index (Phi) is 17.6. The van der Waals surface area contributed by atoms with Crippen molar-refractivity contribution in [1.82, 2.24) is 36.8 Å². The molecule has 0 spiro atoms. The van der Waals surface area contributed by atoms with Crippen molar-refractivity contribution in [3.63, 3.8) is 0 Å². The van der Waals surface area contributed by atoms with Gasteiger partial charge in [-0.25, -0.2) is 0 Å². The van der Waals surface area contributed by atoms with Gasteiger partial charge in [-0.3, -0.25) is 33.7 Å². The molecule has 2 aromatic carbocycles. The highest BCUT2D eigenvalue weighted by molar-refractivity contribution is 7.99. The molecule has 15 heteroatoms. The van der Waals surface area contributed by atoms with Gasteiger partial charge in [0.2, 0.25) is 35.4 Å². The van der Waals surface area contributed by atoms with Crippen LogP contribution in [0.1, 0.15) is 85.6 Å². The lowest BCUT2D eigenvalue weighted by Gasteiger charge is -2.39. The van der Waals surface area contributed by atoms with Gasteiger partial charge in [0.05, 0.1) is 12.1 Å². The molecule has 2 saturated heterocycles. The van der Waals surface area contributed by atoms with Crippen molar-refractivity contribution in [1.29, 1.82) is 0 Å². The van der Waals surface area contributed by atoms with E-state index in [1.165, 1.54) is 18.7 Å². The van der Waals surface area contributed by atoms with Gasteiger partial charge in [-0.15, -0.1) is 11.8 Å². The van der Waals surface area contributed by atoms with Crippen molar-refractivity contribution in [3.8, 4) is 0 Å². The van der Waals surface area contributed by atoms with Gasteiger partial charge in [-0.05, 0) is 103 Å². The average molecular weight is 821 g/mol. The first-order valence-electron chi connectivity index (χ1n) is 20.6. The van der Waals surface area contributed by atoms with Crippen LogP contribution in [0.5, 0.6) is 0 Å². The van der Waals surface area contributed by atoms with Crippen LogP contribution >= 0.6 is 11.8 Å². The fraction of sp³-hybridized carbons (Fsp3) is 0.581. The van der Waals surface area contributed by atoms with Crippen LogP contribution in [0.4, 0.5) is 0 Å². The highest BCUT2D eigenvalue weighted by atomic mass is 32.2. The van der Waals surface area contributed by atoms with E-state index in [1.807, 2.05) is 100 Å². The zero-order valence-electron chi connectivity index (χ0n) is 34.8. The predicted molar refractivity (Wildman–Crippen MR) is 226 cm³/mol. The molecule has 2 fully saturated rings. The van der Waals surface area contributed by atoms with Gasteiger partial charge in [0.1, 0.15) is 30.2 Å². The highest BCUT2D eigenvalue weighted by Crippen LogP contribution is 2.27. The lowest BCUT2D eigenvalue weighted by Crippen LogP contribution is -2.66. The number of rotatable bonds is 12. The summed E-state index contributed by atoms with van der Waals surface area (Å²) in [6.07, 6.45) is 2.82. The van der Waals surface area contributed by atoms with Crippen LogP contribution in [0.25, 0.3) is 0 Å². The molecular formula is C43H64N8O6S. The summed E-state index contributed by atoms with van der Waals surface area (Å²) >= 11 is 1.47. The largest absolute Gasteiger partial charge is 0.350 e. The number of hydrogen-bond donors (Lipinski definition) is 7. The Morgan fingerprint density at radius 2 is 1.41 bits per heavy atom. The van der Waals surface area contributed by atoms with Crippen molar-refractivity contribution in [2.75, 3.05) is 18.8 Å². The lowest BCUT2D eigenvalue weighted by molar-refractivity contribution is -0.137. The third kappa shape index (κ3) is 14.1. The van der Waals surface area contributed by atoms with Crippen molar-refractivity contribution in [2.45, 2.75) is 139 Å². The van der Waals surface area contributed by atoms with Gasteiger partial charge in [0.15, 0.2) is 0 Å². The number of nitrogens with one attached hydrogen (secondary N) is 6. The maximum Gasteiger partial charge on any atom is 0.243 e. The zero-order chi connectivity index (χ0) is 42.4. The minimum absolute atomic E-state index is 0.0105. The molecule has 2 heterocycles. The van der Waals surface area contributed by atoms with E-state index in [1.54, 1.807) is 0 Å². The van der Waals surface area contributed by atoms with Gasteiger partial charge in [-0.1, -0.05) is 62.4 Å². The Hall–Kier alpha value is -4.47. The molecule has 2 aromatic rings. The summed E-state index contributed by atoms with van der Waals surface area (Å²) in [4.78, 5) is 88.1. The van der Waals surface area contributed by atoms with Crippen molar-refractivity contribution in [2.24, 2.45) is 11.7 Å². The second-order valence-corrected chi connectivity index (χ2v) is 17.9. The molecule has 0 saturated carbocycles. The number of carbonyl (C=O) groups is 6. The number of nitrogens with zero attached hydrogens (tertiary/aromatic N) is 1. The van der Waals surface area contributed by atoms with Gasteiger partial charge in [0, 0.05) is 22.6 Å². The smallest absolute Gasteiger partial charge is 0.243 e. The minimum atomic E-state index is -1.07. The molecule has 0 aromatic heterocycles. The molecule has 8 N–H and O–H groups in total. The maximum atomic E-state index is 14.6. The third-order valence-electron chi connectivity index (χ3n) is 10.2. The second kappa shape index (κ2) is 22.1. The van der Waals surface area contributed by atoms with Crippen LogP contribution < -0.4 is 37.6 Å². The number of hydrogen-bond acceptors (Lipinski definition) is 9. The van der Waals surface area contributed by atoms with Crippen LogP contribution in [0.15, 0.2) is 65.6 Å². The van der Waals surface area contributed by atoms with Crippen LogP contribution in [-0.4, -0.2) is 107 Å². The molecule has 14 nitrogen and oxygen atoms in total. The Morgan fingerprint density at radius 1 is 0.810 bits per heavy atom. The summed E-state index contributed by atoms with van der Waals surface area (Å²) < 4.78 is 0. The molecule has 0 aliphatic carbocycles. The molecule has 0 radical (unpaired) electrons. The monoisotopic (exact) mass is 820 g/mol. The van der Waals surface area contributed by atoms with Gasteiger partial charge in [0.25, 0.3) is 0 Å². The Labute approximate surface area is 347 Å². The van der Waals surface area contributed by atoms with E-state index in [-0.39, 0.29) is 36.8 Å². The van der Waals surface area contributed by atoms with Crippen LogP contribution in [-0.2, 0) is 35.2 Å². The summed E-state index contributed by atoms with van der Waals surface area (Å²) in [6.45, 7) is 11.7. The number of thioether (sulfide) groups is 1. The van der Waals surface area contributed by atoms with E-state index in [4.69, 9.17) is 5.73 Å². The first-order chi connectivity index (χ1) is 27.6. The number of benzene rings is 2. The highest BCUT2D eigenvalue weighted by Gasteiger charge is 2.45. The SMILES string of the molecule is CC(C)C[C@H]1NC(=O)[C@@H](C)NC(=O)[C@H](Cc2ccccc2)NC(=O)[C@@H]2CCCN2[C@H](C(=O)NC(C)(C)C)[C@H](CSc2ccccc2)NC(=O)[C@H](CCCCN)NC1=O. The van der Waals surface area contributed by atoms with Crippen molar-refractivity contribution in [3.05, 3.63) is 66.2 Å². The molecule has 6 amide bonds. The summed E-state index contributed by atoms with van der Waals surface area (Å²) in [6, 6.07) is 12.0. The average Bonchev–Trinajstić information content (AvgIpc) is 3.65. The van der Waals surface area contributed by atoms with Crippen molar-refractivity contribution >= 4 is 47.2 Å². The van der Waals surface area contributed by atoms with E-state index in [0.717, 1.165) is 10.5 Å². The quantitative estimate of drug-likeness (QED) is 0.124. The summed E-state index contributed by atoms with van der Waals surface area (Å²) in [5.41, 5.74) is 5.97. The van der Waals surface area contributed by atoms with Crippen molar-refractivity contribution < 1.29 is 28.8 Å². The summed E-state index contributed by atoms with van der Waals surface area (Å²) in [5.74, 6) is -2.74. The molecule has 318 valence electrons. The Bertz CT molecular complexity index is 1690. The number of nitrogens with two attached hydrogens (primary N) is 1. The maximum absolute atomic E-state index is 14.6. The first kappa shape index (κ1) is 46.2. The molecule has 0 bridgehead atoms. The van der Waals surface area contributed by atoms with Crippen LogP contribution in [0.2, 0.25) is 0 Å². The van der Waals surface area contributed by atoms with E-state index in [9.17, 15) is 28.8 Å². The zero-order valence-corrected chi connectivity index (χ0v) is 35.7. The summed E-state index contributed by atoms with van der Waals surface area (Å²) in [7, 11) is 0. The van der Waals surface area contributed by atoms with Crippen LogP contribution in [0.3, 0.4) is 0 Å². The third-order valence-corrected chi connectivity index (χ3v) is 11.3. The van der Waals surface area contributed by atoms with Gasteiger partial charge >= 0.3 is 0 Å². The molecule has 7 atom stereocenters. The lowest BCUT2D eigenvalue weighted by atomic mass is 9.99. The topological polar surface area (TPSA) is 204 Å². The molecule has 0 unspecified atom stereocenters. The fourth-order valence-electron chi connectivity index (χ4n) is 7.35. The van der Waals surface area contributed by atoms with E-state index in [0.29, 0.717) is 38.8 Å². The normalized spacial score (nSPS) is 25.7. The fourth-order valence-corrected chi connectivity index (χ4v) is 8.34. The van der Waals surface area contributed by atoms with E-state index >= 15 is 0 Å². The second-order valence-electron chi connectivity index (χ2n) is 16.8. The van der Waals surface area contributed by atoms with E-state index < -0.39 is 77.4 Å². The van der Waals surface area contributed by atoms with Gasteiger partial charge < -0.3 is 37.6 Å². The number of fused-ring (bicyclic) bond motifs is 1. The van der Waals surface area contributed by atoms with Crippen LogP contribution in [0, 0.1) is 5.92 Å². The molecule has 2 aliphatic heterocycles. The molecular weight excluding hydrogens is 757 g/mol. The summed E-state index contributed by atoms with van der Waals surface area (Å²) in [5, 5.41) is 17.7. The Morgan fingerprint density at radius 3 is 2.05 bits per heavy atom. The molecule has 58 heavy (non-hydrogen) atoms. The minimum Gasteiger partial charge on any atom is -0.350 e. The predicted octanol–water partition coefficient (Wildman–Crippen LogP) is 2.40. The Balaban J connectivity index is 1.84. The first-order valence-corrected chi connectivity index (χ1v) is 21.6. The number of unbranched alkanes of at least 4 members (excludes halogenated alkanes) is 1. The molecule has 2 aliphatic rings. The number of amides is 6. The molecule has 4 rings (SSSR count). The van der Waals surface area contributed by atoms with Gasteiger partial charge in [-0.2, -0.15) is 0 Å². The van der Waals surface area contributed by atoms with E-state index in [2.05, 4.69) is 31.9 Å². The standard InChI is InChI=1S/C43H64N8O6S/c1-27(2)24-32-40(55)46-31(20-13-14-22-44)38(53)49-34(26-58-30-18-11-8-12-19-30)36(42(57)50-43(4,5)6)51-23-15-21-35(51)41(56)48-33(25-29-16-9-7-10-17-29)39(54)45-28(3)37(52)47-32/h7-12,16-19,27-28,31-36H,13-15,20-26,44H2,1-6H3,(H,45,54)(H,46,55)(H,47,52)(H,48,56)(H,49,53)(H,50,57)/t28-,31+,32-,33+,34+,35+,36+/m1/s1. The number of carbonyl (C=O) groups excluding carboxylic acids is 6.